The van der Waals surface area contributed by atoms with Gasteiger partial charge in [0.1, 0.15) is 0 Å². The third kappa shape index (κ3) is 4.20. The molecule has 0 radical (unpaired) electrons. The van der Waals surface area contributed by atoms with Crippen LogP contribution >= 0.6 is 11.6 Å². The van der Waals surface area contributed by atoms with Crippen molar-refractivity contribution < 1.29 is 23.1 Å². The highest BCUT2D eigenvalue weighted by molar-refractivity contribution is 6.31. The molecule has 0 heterocycles. The minimum absolute atomic E-state index is 0.0350. The molecule has 126 valence electrons. The first-order valence-electron chi connectivity index (χ1n) is 6.80. The van der Waals surface area contributed by atoms with Crippen molar-refractivity contribution in [2.75, 3.05) is 11.1 Å². The SMILES string of the molecule is C[C@@H](OC(=O)c1ccc(Cl)cc1N)C(=O)Nc1ccc(F)c(F)c1. The minimum Gasteiger partial charge on any atom is -0.449 e. The summed E-state index contributed by atoms with van der Waals surface area (Å²) < 4.78 is 30.9. The Kier molecular flexibility index (Phi) is 5.35. The lowest BCUT2D eigenvalue weighted by Gasteiger charge is -2.14. The standard InChI is InChI=1S/C16H13ClF2N2O3/c1-8(15(22)21-10-3-5-12(18)13(19)7-10)24-16(23)11-4-2-9(17)6-14(11)20/h2-8H,20H2,1H3,(H,21,22)/t8-/m1/s1. The average Bonchev–Trinajstić information content (AvgIpc) is 2.50. The number of hydrogen-bond donors (Lipinski definition) is 2. The van der Waals surface area contributed by atoms with E-state index in [1.807, 2.05) is 0 Å². The Morgan fingerprint density at radius 3 is 2.50 bits per heavy atom. The van der Waals surface area contributed by atoms with E-state index in [1.54, 1.807) is 0 Å². The number of ether oxygens (including phenoxy) is 1. The molecule has 1 amide bonds. The van der Waals surface area contributed by atoms with E-state index in [9.17, 15) is 18.4 Å². The summed E-state index contributed by atoms with van der Waals surface area (Å²) in [6.07, 6.45) is -1.18. The van der Waals surface area contributed by atoms with Crippen LogP contribution < -0.4 is 11.1 Å². The first kappa shape index (κ1) is 17.7. The van der Waals surface area contributed by atoms with Gasteiger partial charge < -0.3 is 15.8 Å². The molecule has 8 heteroatoms. The number of carbonyl (C=O) groups is 2. The predicted octanol–water partition coefficient (Wildman–Crippen LogP) is 3.38. The van der Waals surface area contributed by atoms with Crippen LogP contribution in [0.5, 0.6) is 0 Å². The Hall–Kier alpha value is -2.67. The Bertz CT molecular complexity index is 799. The predicted molar refractivity (Wildman–Crippen MR) is 85.7 cm³/mol. The molecule has 2 aromatic rings. The third-order valence-electron chi connectivity index (χ3n) is 3.07. The largest absolute Gasteiger partial charge is 0.449 e. The summed E-state index contributed by atoms with van der Waals surface area (Å²) in [5, 5.41) is 2.67. The number of nitrogens with two attached hydrogens (primary N) is 1. The van der Waals surface area contributed by atoms with Crippen molar-refractivity contribution in [3.05, 3.63) is 58.6 Å². The van der Waals surface area contributed by atoms with Crippen LogP contribution in [0.4, 0.5) is 20.2 Å². The van der Waals surface area contributed by atoms with Gasteiger partial charge in [-0.2, -0.15) is 0 Å². The Labute approximate surface area is 141 Å². The number of rotatable bonds is 4. The van der Waals surface area contributed by atoms with E-state index in [-0.39, 0.29) is 16.9 Å². The molecule has 0 aliphatic heterocycles. The number of benzene rings is 2. The molecule has 0 bridgehead atoms. The van der Waals surface area contributed by atoms with Crippen LogP contribution in [-0.2, 0) is 9.53 Å². The van der Waals surface area contributed by atoms with E-state index >= 15 is 0 Å². The van der Waals surface area contributed by atoms with Crippen molar-refractivity contribution in [2.24, 2.45) is 0 Å². The van der Waals surface area contributed by atoms with Gasteiger partial charge in [0.2, 0.25) is 0 Å². The Balaban J connectivity index is 2.02. The second kappa shape index (κ2) is 7.27. The molecule has 2 aromatic carbocycles. The highest BCUT2D eigenvalue weighted by Crippen LogP contribution is 2.19. The van der Waals surface area contributed by atoms with Crippen LogP contribution in [0.2, 0.25) is 5.02 Å². The molecule has 0 spiro atoms. The smallest absolute Gasteiger partial charge is 0.341 e. The van der Waals surface area contributed by atoms with E-state index in [4.69, 9.17) is 22.1 Å². The van der Waals surface area contributed by atoms with Crippen LogP contribution in [0.25, 0.3) is 0 Å². The maximum atomic E-state index is 13.1. The van der Waals surface area contributed by atoms with Crippen molar-refractivity contribution in [3.8, 4) is 0 Å². The number of anilines is 2. The minimum atomic E-state index is -1.18. The second-order valence-corrected chi connectivity index (χ2v) is 5.33. The van der Waals surface area contributed by atoms with Crippen molar-refractivity contribution in [1.82, 2.24) is 0 Å². The summed E-state index contributed by atoms with van der Waals surface area (Å²) in [5.41, 5.74) is 5.87. The monoisotopic (exact) mass is 354 g/mol. The van der Waals surface area contributed by atoms with Crippen molar-refractivity contribution in [2.45, 2.75) is 13.0 Å². The highest BCUT2D eigenvalue weighted by Gasteiger charge is 2.21. The molecule has 3 N–H and O–H groups in total. The van der Waals surface area contributed by atoms with Crippen LogP contribution in [-0.4, -0.2) is 18.0 Å². The molecule has 0 aromatic heterocycles. The first-order chi connectivity index (χ1) is 11.3. The molecule has 0 fully saturated rings. The van der Waals surface area contributed by atoms with Crippen LogP contribution in [0.1, 0.15) is 17.3 Å². The highest BCUT2D eigenvalue weighted by atomic mass is 35.5. The van der Waals surface area contributed by atoms with Gasteiger partial charge in [-0.15, -0.1) is 0 Å². The van der Waals surface area contributed by atoms with Gasteiger partial charge in [-0.1, -0.05) is 11.6 Å². The molecular formula is C16H13ClF2N2O3. The number of nitrogen functional groups attached to an aromatic ring is 1. The topological polar surface area (TPSA) is 81.4 Å². The van der Waals surface area contributed by atoms with Gasteiger partial charge in [0.25, 0.3) is 5.91 Å². The normalized spacial score (nSPS) is 11.7. The molecule has 1 atom stereocenters. The third-order valence-corrected chi connectivity index (χ3v) is 3.31. The quantitative estimate of drug-likeness (QED) is 0.651. The molecule has 0 aliphatic rings. The Morgan fingerprint density at radius 1 is 1.17 bits per heavy atom. The molecule has 0 saturated carbocycles. The van der Waals surface area contributed by atoms with Crippen LogP contribution in [0, 0.1) is 11.6 Å². The fourth-order valence-electron chi connectivity index (χ4n) is 1.81. The maximum Gasteiger partial charge on any atom is 0.341 e. The zero-order chi connectivity index (χ0) is 17.9. The lowest BCUT2D eigenvalue weighted by atomic mass is 10.2. The zero-order valence-corrected chi connectivity index (χ0v) is 13.2. The fourth-order valence-corrected chi connectivity index (χ4v) is 2.00. The number of esters is 1. The van der Waals surface area contributed by atoms with Crippen LogP contribution in [0.3, 0.4) is 0 Å². The maximum absolute atomic E-state index is 13.1. The van der Waals surface area contributed by atoms with Crippen molar-refractivity contribution in [1.29, 1.82) is 0 Å². The molecule has 24 heavy (non-hydrogen) atoms. The number of halogens is 3. The lowest BCUT2D eigenvalue weighted by molar-refractivity contribution is -0.123. The zero-order valence-electron chi connectivity index (χ0n) is 12.5. The van der Waals surface area contributed by atoms with Gasteiger partial charge in [0.15, 0.2) is 17.7 Å². The second-order valence-electron chi connectivity index (χ2n) is 4.90. The summed E-state index contributed by atoms with van der Waals surface area (Å²) >= 11 is 5.74. The molecule has 2 rings (SSSR count). The van der Waals surface area contributed by atoms with E-state index in [0.717, 1.165) is 12.1 Å². The average molecular weight is 355 g/mol. The summed E-state index contributed by atoms with van der Waals surface area (Å²) in [6, 6.07) is 7.09. The number of hydrogen-bond acceptors (Lipinski definition) is 4. The molecule has 0 unspecified atom stereocenters. The number of amides is 1. The van der Waals surface area contributed by atoms with E-state index in [2.05, 4.69) is 5.32 Å². The Morgan fingerprint density at radius 2 is 1.88 bits per heavy atom. The molecule has 0 saturated heterocycles. The van der Waals surface area contributed by atoms with Gasteiger partial charge in [-0.3, -0.25) is 4.79 Å². The number of carbonyl (C=O) groups excluding carboxylic acids is 2. The van der Waals surface area contributed by atoms with Crippen molar-refractivity contribution in [3.63, 3.8) is 0 Å². The molecular weight excluding hydrogens is 342 g/mol. The van der Waals surface area contributed by atoms with Gasteiger partial charge in [0, 0.05) is 22.5 Å². The van der Waals surface area contributed by atoms with E-state index in [0.29, 0.717) is 5.02 Å². The number of nitrogens with one attached hydrogen (secondary N) is 1. The van der Waals surface area contributed by atoms with Crippen molar-refractivity contribution >= 4 is 34.9 Å². The van der Waals surface area contributed by atoms with Crippen LogP contribution in [0.15, 0.2) is 36.4 Å². The van der Waals surface area contributed by atoms with Gasteiger partial charge in [-0.25, -0.2) is 13.6 Å². The summed E-state index contributed by atoms with van der Waals surface area (Å²) in [7, 11) is 0. The summed E-state index contributed by atoms with van der Waals surface area (Å²) in [5.74, 6) is -3.66. The fraction of sp³-hybridized carbons (Fsp3) is 0.125. The van der Waals surface area contributed by atoms with Gasteiger partial charge in [-0.05, 0) is 37.3 Å². The summed E-state index contributed by atoms with van der Waals surface area (Å²) in [6.45, 7) is 1.33. The van der Waals surface area contributed by atoms with E-state index in [1.165, 1.54) is 31.2 Å². The first-order valence-corrected chi connectivity index (χ1v) is 7.17. The lowest BCUT2D eigenvalue weighted by Crippen LogP contribution is -2.30. The summed E-state index contributed by atoms with van der Waals surface area (Å²) in [4.78, 5) is 24.0. The van der Waals surface area contributed by atoms with Gasteiger partial charge in [0.05, 0.1) is 5.56 Å². The molecule has 5 nitrogen and oxygen atoms in total. The van der Waals surface area contributed by atoms with E-state index < -0.39 is 29.6 Å². The molecule has 0 aliphatic carbocycles. The van der Waals surface area contributed by atoms with Gasteiger partial charge >= 0.3 is 5.97 Å².